The van der Waals surface area contributed by atoms with Crippen LogP contribution in [-0.4, -0.2) is 34.9 Å². The Balaban J connectivity index is 1.60. The summed E-state index contributed by atoms with van der Waals surface area (Å²) in [5.41, 5.74) is 1.68. The van der Waals surface area contributed by atoms with Crippen LogP contribution < -0.4 is 10.1 Å². The Labute approximate surface area is 195 Å². The van der Waals surface area contributed by atoms with Crippen molar-refractivity contribution in [3.63, 3.8) is 0 Å². The largest absolute Gasteiger partial charge is 0.481 e. The van der Waals surface area contributed by atoms with E-state index in [1.54, 1.807) is 36.4 Å². The third kappa shape index (κ3) is 4.87. The summed E-state index contributed by atoms with van der Waals surface area (Å²) in [5, 5.41) is 3.94. The summed E-state index contributed by atoms with van der Waals surface area (Å²) < 4.78 is 5.13. The van der Waals surface area contributed by atoms with Gasteiger partial charge in [0.2, 0.25) is 11.8 Å². The molecule has 168 valence electrons. The number of carbonyl (C=O) groups excluding carboxylic acids is 3. The molecule has 0 saturated heterocycles. The highest BCUT2D eigenvalue weighted by atomic mass is 35.5. The van der Waals surface area contributed by atoms with Crippen molar-refractivity contribution in [3.05, 3.63) is 94.1 Å². The molecule has 0 spiro atoms. The van der Waals surface area contributed by atoms with Gasteiger partial charge in [-0.15, -0.1) is 5.06 Å². The number of benzene rings is 2. The van der Waals surface area contributed by atoms with Crippen molar-refractivity contribution >= 4 is 29.3 Å². The molecular formula is C24H20ClN3O5. The van der Waals surface area contributed by atoms with E-state index in [9.17, 15) is 14.4 Å². The number of hydrogen-bond donors (Lipinski definition) is 1. The first-order valence-electron chi connectivity index (χ1n) is 10.1. The molecule has 1 unspecified atom stereocenters. The van der Waals surface area contributed by atoms with Crippen molar-refractivity contribution in [1.82, 2.24) is 15.4 Å². The summed E-state index contributed by atoms with van der Waals surface area (Å²) in [7, 11) is 1.41. The molecule has 1 aliphatic rings. The molecule has 8 nitrogen and oxygen atoms in total. The quantitative estimate of drug-likeness (QED) is 0.425. The number of rotatable bonds is 7. The lowest BCUT2D eigenvalue weighted by Gasteiger charge is -2.30. The van der Waals surface area contributed by atoms with Crippen molar-refractivity contribution in [3.8, 4) is 5.88 Å². The van der Waals surface area contributed by atoms with Crippen molar-refractivity contribution in [2.45, 2.75) is 19.1 Å². The molecule has 2 heterocycles. The van der Waals surface area contributed by atoms with Gasteiger partial charge in [0.25, 0.3) is 11.8 Å². The predicted octanol–water partition coefficient (Wildman–Crippen LogP) is 3.26. The fraction of sp³-hybridized carbons (Fsp3) is 0.167. The van der Waals surface area contributed by atoms with Gasteiger partial charge in [-0.05, 0) is 29.3 Å². The first kappa shape index (κ1) is 22.4. The average molecular weight is 466 g/mol. The van der Waals surface area contributed by atoms with Crippen LogP contribution >= 0.6 is 11.6 Å². The molecule has 0 bridgehead atoms. The molecule has 1 aromatic heterocycles. The third-order valence-electron chi connectivity index (χ3n) is 5.09. The Bertz CT molecular complexity index is 1180. The normalized spacial score (nSPS) is 15.2. The number of methoxy groups -OCH3 is 1. The Morgan fingerprint density at radius 3 is 2.45 bits per heavy atom. The summed E-state index contributed by atoms with van der Waals surface area (Å²) in [6, 6.07) is 19.0. The molecule has 0 aliphatic carbocycles. The standard InChI is InChI=1S/C24H20ClN3O5/c1-32-19-12-11-18-21(27-19)20(22(29)26-13-15-7-9-17(25)10-8-15)24(31)28(23(18)30)33-14-16-5-3-2-4-6-16/h2-12,20H,13-14H2,1H3,(H,26,29). The highest BCUT2D eigenvalue weighted by Crippen LogP contribution is 2.31. The van der Waals surface area contributed by atoms with E-state index in [4.69, 9.17) is 21.2 Å². The van der Waals surface area contributed by atoms with Crippen LogP contribution in [-0.2, 0) is 27.6 Å². The van der Waals surface area contributed by atoms with Gasteiger partial charge >= 0.3 is 0 Å². The molecule has 1 N–H and O–H groups in total. The van der Waals surface area contributed by atoms with Crippen LogP contribution in [0.2, 0.25) is 5.02 Å². The number of pyridine rings is 1. The lowest BCUT2D eigenvalue weighted by atomic mass is 9.93. The van der Waals surface area contributed by atoms with E-state index in [0.29, 0.717) is 10.1 Å². The summed E-state index contributed by atoms with van der Waals surface area (Å²) >= 11 is 5.90. The number of fused-ring (bicyclic) bond motifs is 1. The van der Waals surface area contributed by atoms with E-state index in [-0.39, 0.29) is 30.3 Å². The summed E-state index contributed by atoms with van der Waals surface area (Å²) in [6.07, 6.45) is 0. The molecule has 0 radical (unpaired) electrons. The van der Waals surface area contributed by atoms with Gasteiger partial charge in [-0.2, -0.15) is 0 Å². The number of amides is 3. The van der Waals surface area contributed by atoms with Crippen LogP contribution in [0.5, 0.6) is 5.88 Å². The first-order chi connectivity index (χ1) is 16.0. The fourth-order valence-corrected chi connectivity index (χ4v) is 3.51. The summed E-state index contributed by atoms with van der Waals surface area (Å²) in [5.74, 6) is -3.32. The SMILES string of the molecule is COc1ccc2c(n1)C(C(=O)NCc1ccc(Cl)cc1)C(=O)N(OCc1ccccc1)C2=O. The maximum Gasteiger partial charge on any atom is 0.286 e. The summed E-state index contributed by atoms with van der Waals surface area (Å²) in [4.78, 5) is 49.1. The second-order valence-corrected chi connectivity index (χ2v) is 7.70. The third-order valence-corrected chi connectivity index (χ3v) is 5.34. The molecule has 3 aromatic rings. The minimum Gasteiger partial charge on any atom is -0.481 e. The van der Waals surface area contributed by atoms with E-state index < -0.39 is 23.6 Å². The van der Waals surface area contributed by atoms with Gasteiger partial charge in [0.05, 0.1) is 18.4 Å². The van der Waals surface area contributed by atoms with Crippen molar-refractivity contribution in [2.24, 2.45) is 0 Å². The molecule has 9 heteroatoms. The van der Waals surface area contributed by atoms with Crippen LogP contribution in [0, 0.1) is 0 Å². The van der Waals surface area contributed by atoms with Gasteiger partial charge in [0.1, 0.15) is 6.61 Å². The molecule has 1 aliphatic heterocycles. The number of nitrogens with one attached hydrogen (secondary N) is 1. The second-order valence-electron chi connectivity index (χ2n) is 7.26. The Morgan fingerprint density at radius 1 is 1.03 bits per heavy atom. The van der Waals surface area contributed by atoms with Crippen LogP contribution in [0.15, 0.2) is 66.7 Å². The number of aromatic nitrogens is 1. The van der Waals surface area contributed by atoms with Crippen LogP contribution in [0.4, 0.5) is 0 Å². The smallest absolute Gasteiger partial charge is 0.286 e. The van der Waals surface area contributed by atoms with Crippen LogP contribution in [0.3, 0.4) is 0 Å². The number of ether oxygens (including phenoxy) is 1. The van der Waals surface area contributed by atoms with E-state index in [0.717, 1.165) is 11.1 Å². The minimum atomic E-state index is -1.38. The summed E-state index contributed by atoms with van der Waals surface area (Å²) in [6.45, 7) is 0.147. The maximum absolute atomic E-state index is 13.2. The zero-order chi connectivity index (χ0) is 23.4. The Hall–Kier alpha value is -3.75. The minimum absolute atomic E-state index is 0.0175. The van der Waals surface area contributed by atoms with Gasteiger partial charge in [-0.3, -0.25) is 19.2 Å². The number of hydrogen-bond acceptors (Lipinski definition) is 6. The Kier molecular flexibility index (Phi) is 6.67. The van der Waals surface area contributed by atoms with Crippen LogP contribution in [0.25, 0.3) is 0 Å². The van der Waals surface area contributed by atoms with Gasteiger partial charge in [0, 0.05) is 17.6 Å². The van der Waals surface area contributed by atoms with E-state index >= 15 is 0 Å². The second kappa shape index (κ2) is 9.81. The molecular weight excluding hydrogens is 446 g/mol. The Morgan fingerprint density at radius 2 is 1.76 bits per heavy atom. The number of halogens is 1. The van der Waals surface area contributed by atoms with Gasteiger partial charge in [0.15, 0.2) is 5.92 Å². The number of imide groups is 1. The highest BCUT2D eigenvalue weighted by Gasteiger charge is 2.45. The first-order valence-corrected chi connectivity index (χ1v) is 10.5. The molecule has 2 aromatic carbocycles. The lowest BCUT2D eigenvalue weighted by Crippen LogP contribution is -2.49. The molecule has 1 atom stereocenters. The van der Waals surface area contributed by atoms with Crippen molar-refractivity contribution in [1.29, 1.82) is 0 Å². The maximum atomic E-state index is 13.2. The topological polar surface area (TPSA) is 97.8 Å². The molecule has 3 amide bonds. The fourth-order valence-electron chi connectivity index (χ4n) is 3.38. The zero-order valence-corrected chi connectivity index (χ0v) is 18.4. The van der Waals surface area contributed by atoms with E-state index in [1.807, 2.05) is 18.2 Å². The highest BCUT2D eigenvalue weighted by molar-refractivity contribution is 6.30. The van der Waals surface area contributed by atoms with Gasteiger partial charge < -0.3 is 10.1 Å². The lowest BCUT2D eigenvalue weighted by molar-refractivity contribution is -0.177. The molecule has 0 fully saturated rings. The predicted molar refractivity (Wildman–Crippen MR) is 119 cm³/mol. The van der Waals surface area contributed by atoms with Crippen molar-refractivity contribution in [2.75, 3.05) is 7.11 Å². The van der Waals surface area contributed by atoms with E-state index in [2.05, 4.69) is 10.3 Å². The molecule has 0 saturated carbocycles. The number of hydroxylamine groups is 2. The van der Waals surface area contributed by atoms with Gasteiger partial charge in [-0.1, -0.05) is 54.1 Å². The molecule has 33 heavy (non-hydrogen) atoms. The van der Waals surface area contributed by atoms with E-state index in [1.165, 1.54) is 19.2 Å². The molecule has 4 rings (SSSR count). The van der Waals surface area contributed by atoms with Crippen LogP contribution in [0.1, 0.15) is 33.1 Å². The van der Waals surface area contributed by atoms with Gasteiger partial charge in [-0.25, -0.2) is 4.98 Å². The average Bonchev–Trinajstić information content (AvgIpc) is 2.84. The van der Waals surface area contributed by atoms with Crippen molar-refractivity contribution < 1.29 is 24.0 Å². The number of carbonyl (C=O) groups is 3. The number of nitrogens with zero attached hydrogens (tertiary/aromatic N) is 2. The monoisotopic (exact) mass is 465 g/mol. The zero-order valence-electron chi connectivity index (χ0n) is 17.7.